The Balaban J connectivity index is 2.05. The van der Waals surface area contributed by atoms with E-state index in [9.17, 15) is 18.0 Å². The zero-order chi connectivity index (χ0) is 21.6. The minimum absolute atomic E-state index is 0.0486. The minimum atomic E-state index is -3.83. The molecule has 2 N–H and O–H groups in total. The van der Waals surface area contributed by atoms with Crippen molar-refractivity contribution in [3.63, 3.8) is 0 Å². The summed E-state index contributed by atoms with van der Waals surface area (Å²) in [7, 11) is -2.47. The summed E-state index contributed by atoms with van der Waals surface area (Å²) in [5.41, 5.74) is 2.61. The van der Waals surface area contributed by atoms with Gasteiger partial charge in [0.2, 0.25) is 21.8 Å². The van der Waals surface area contributed by atoms with E-state index < -0.39 is 10.0 Å². The summed E-state index contributed by atoms with van der Waals surface area (Å²) in [5, 5.41) is 5.48. The third-order valence-corrected chi connectivity index (χ3v) is 6.29. The summed E-state index contributed by atoms with van der Waals surface area (Å²) in [4.78, 5) is 23.6. The third-order valence-electron chi connectivity index (χ3n) is 4.47. The lowest BCUT2D eigenvalue weighted by Gasteiger charge is -2.21. The van der Waals surface area contributed by atoms with Crippen LogP contribution in [0.25, 0.3) is 0 Å². The van der Waals surface area contributed by atoms with Crippen LogP contribution < -0.4 is 10.6 Å². The highest BCUT2D eigenvalue weighted by molar-refractivity contribution is 7.89. The fraction of sp³-hybridized carbons (Fsp3) is 0.333. The Morgan fingerprint density at radius 3 is 2.14 bits per heavy atom. The van der Waals surface area contributed by atoms with Gasteiger partial charge in [0.05, 0.1) is 17.5 Å². The molecule has 2 amide bonds. The van der Waals surface area contributed by atoms with Crippen molar-refractivity contribution in [3.05, 3.63) is 59.7 Å². The molecule has 0 bridgehead atoms. The lowest BCUT2D eigenvalue weighted by molar-refractivity contribution is -0.122. The highest BCUT2D eigenvalue weighted by atomic mass is 32.2. The van der Waals surface area contributed by atoms with Gasteiger partial charge in [0.25, 0.3) is 0 Å². The molecular formula is C21H27N3O4S. The van der Waals surface area contributed by atoms with E-state index in [1.165, 1.54) is 38.2 Å². The number of aryl methyl sites for hydroxylation is 1. The van der Waals surface area contributed by atoms with Crippen LogP contribution in [-0.4, -0.2) is 38.1 Å². The Morgan fingerprint density at radius 1 is 1.03 bits per heavy atom. The zero-order valence-corrected chi connectivity index (χ0v) is 17.9. The van der Waals surface area contributed by atoms with Crippen LogP contribution in [0.4, 0.5) is 5.69 Å². The summed E-state index contributed by atoms with van der Waals surface area (Å²) < 4.78 is 26.5. The molecule has 7 nitrogen and oxygen atoms in total. The van der Waals surface area contributed by atoms with Gasteiger partial charge in [-0.25, -0.2) is 8.42 Å². The van der Waals surface area contributed by atoms with Crippen molar-refractivity contribution in [2.24, 2.45) is 0 Å². The fourth-order valence-corrected chi connectivity index (χ4v) is 3.97. The largest absolute Gasteiger partial charge is 0.348 e. The van der Waals surface area contributed by atoms with Crippen molar-refractivity contribution in [1.82, 2.24) is 9.62 Å². The van der Waals surface area contributed by atoms with Crippen molar-refractivity contribution in [3.8, 4) is 0 Å². The second kappa shape index (κ2) is 9.67. The van der Waals surface area contributed by atoms with Gasteiger partial charge in [0, 0.05) is 19.7 Å². The number of nitrogens with one attached hydrogen (secondary N) is 2. The number of sulfonamides is 1. The molecule has 0 saturated heterocycles. The number of amides is 2. The van der Waals surface area contributed by atoms with E-state index in [4.69, 9.17) is 0 Å². The molecule has 1 atom stereocenters. The summed E-state index contributed by atoms with van der Waals surface area (Å²) >= 11 is 0. The van der Waals surface area contributed by atoms with Crippen molar-refractivity contribution < 1.29 is 18.0 Å². The highest BCUT2D eigenvalue weighted by Crippen LogP contribution is 2.19. The number of carbonyl (C=O) groups is 2. The first-order chi connectivity index (χ1) is 13.6. The second-order valence-electron chi connectivity index (χ2n) is 6.91. The Bertz CT molecular complexity index is 954. The topological polar surface area (TPSA) is 95.6 Å². The Kier molecular flexibility index (Phi) is 7.53. The molecule has 0 unspecified atom stereocenters. The maximum atomic E-state index is 12.7. The highest BCUT2D eigenvalue weighted by Gasteiger charge is 2.24. The third kappa shape index (κ3) is 6.13. The first-order valence-corrected chi connectivity index (χ1v) is 10.8. The summed E-state index contributed by atoms with van der Waals surface area (Å²) in [6.45, 7) is 5.03. The normalized spacial score (nSPS) is 12.4. The zero-order valence-electron chi connectivity index (χ0n) is 17.1. The summed E-state index contributed by atoms with van der Waals surface area (Å²) in [5.74, 6) is -0.619. The Hall–Kier alpha value is -2.71. The molecule has 0 aromatic heterocycles. The number of hydrogen-bond acceptors (Lipinski definition) is 4. The van der Waals surface area contributed by atoms with Crippen LogP contribution in [0.15, 0.2) is 53.4 Å². The van der Waals surface area contributed by atoms with Gasteiger partial charge in [-0.15, -0.1) is 0 Å². The van der Waals surface area contributed by atoms with E-state index in [2.05, 4.69) is 10.6 Å². The molecule has 2 aromatic rings. The molecule has 0 aliphatic rings. The quantitative estimate of drug-likeness (QED) is 0.690. The molecule has 0 aliphatic heterocycles. The average Bonchev–Trinajstić information content (AvgIpc) is 2.66. The SMILES string of the molecule is CC[C@@H](NC(=O)CN(C)S(=O)(=O)c1ccc(NC(C)=O)cc1)c1ccc(C)cc1. The van der Waals surface area contributed by atoms with E-state index in [1.54, 1.807) is 0 Å². The number of likely N-dealkylation sites (N-methyl/N-ethyl adjacent to an activating group) is 1. The second-order valence-corrected chi connectivity index (χ2v) is 8.95. The van der Waals surface area contributed by atoms with Crippen LogP contribution in [0.5, 0.6) is 0 Å². The maximum absolute atomic E-state index is 12.7. The van der Waals surface area contributed by atoms with Gasteiger partial charge in [0.1, 0.15) is 0 Å². The van der Waals surface area contributed by atoms with Gasteiger partial charge in [-0.2, -0.15) is 4.31 Å². The molecule has 0 aliphatic carbocycles. The number of hydrogen-bond donors (Lipinski definition) is 2. The van der Waals surface area contributed by atoms with Gasteiger partial charge in [-0.3, -0.25) is 9.59 Å². The van der Waals surface area contributed by atoms with Gasteiger partial charge in [-0.1, -0.05) is 36.8 Å². The van der Waals surface area contributed by atoms with E-state index in [0.29, 0.717) is 12.1 Å². The Morgan fingerprint density at radius 2 is 1.62 bits per heavy atom. The molecule has 0 heterocycles. The van der Waals surface area contributed by atoms with Crippen molar-refractivity contribution in [2.75, 3.05) is 18.9 Å². The number of carbonyl (C=O) groups excluding carboxylic acids is 2. The molecule has 2 aromatic carbocycles. The molecular weight excluding hydrogens is 390 g/mol. The van der Waals surface area contributed by atoms with Gasteiger partial charge < -0.3 is 10.6 Å². The lowest BCUT2D eigenvalue weighted by Crippen LogP contribution is -2.39. The predicted molar refractivity (Wildman–Crippen MR) is 113 cm³/mol. The minimum Gasteiger partial charge on any atom is -0.348 e. The van der Waals surface area contributed by atoms with Crippen LogP contribution in [-0.2, 0) is 19.6 Å². The standard InChI is InChI=1S/C21H27N3O4S/c1-5-20(17-8-6-15(2)7-9-17)23-21(26)14-24(4)29(27,28)19-12-10-18(11-13-19)22-16(3)25/h6-13,20H,5,14H2,1-4H3,(H,22,25)(H,23,26)/t20-/m1/s1. The van der Waals surface area contributed by atoms with Gasteiger partial charge in [-0.05, 0) is 43.2 Å². The number of nitrogens with zero attached hydrogens (tertiary/aromatic N) is 1. The molecule has 2 rings (SSSR count). The smallest absolute Gasteiger partial charge is 0.243 e. The van der Waals surface area contributed by atoms with Crippen LogP contribution in [0.1, 0.15) is 37.4 Å². The number of anilines is 1. The molecule has 8 heteroatoms. The first kappa shape index (κ1) is 22.6. The van der Waals surface area contributed by atoms with Crippen molar-refractivity contribution in [1.29, 1.82) is 0 Å². The first-order valence-electron chi connectivity index (χ1n) is 9.33. The molecule has 0 fully saturated rings. The van der Waals surface area contributed by atoms with E-state index in [1.807, 2.05) is 38.1 Å². The monoisotopic (exact) mass is 417 g/mol. The Labute approximate surface area is 172 Å². The summed E-state index contributed by atoms with van der Waals surface area (Å²) in [6.07, 6.45) is 0.690. The van der Waals surface area contributed by atoms with Gasteiger partial charge in [0.15, 0.2) is 0 Å². The van der Waals surface area contributed by atoms with E-state index in [0.717, 1.165) is 15.4 Å². The lowest BCUT2D eigenvalue weighted by atomic mass is 10.0. The fourth-order valence-electron chi connectivity index (χ4n) is 2.84. The predicted octanol–water partition coefficient (Wildman–Crippen LogP) is 2.84. The summed E-state index contributed by atoms with van der Waals surface area (Å²) in [6, 6.07) is 13.5. The van der Waals surface area contributed by atoms with Crippen LogP contribution >= 0.6 is 0 Å². The molecule has 0 radical (unpaired) electrons. The van der Waals surface area contributed by atoms with Crippen LogP contribution in [0.3, 0.4) is 0 Å². The molecule has 0 saturated carbocycles. The molecule has 156 valence electrons. The van der Waals surface area contributed by atoms with Crippen LogP contribution in [0, 0.1) is 6.92 Å². The number of rotatable bonds is 8. The van der Waals surface area contributed by atoms with E-state index in [-0.39, 0.29) is 29.3 Å². The van der Waals surface area contributed by atoms with Gasteiger partial charge >= 0.3 is 0 Å². The number of benzene rings is 2. The van der Waals surface area contributed by atoms with Crippen LogP contribution in [0.2, 0.25) is 0 Å². The van der Waals surface area contributed by atoms with E-state index >= 15 is 0 Å². The molecule has 0 spiro atoms. The molecule has 29 heavy (non-hydrogen) atoms. The average molecular weight is 418 g/mol. The maximum Gasteiger partial charge on any atom is 0.243 e. The van der Waals surface area contributed by atoms with Crippen molar-refractivity contribution in [2.45, 2.75) is 38.1 Å². The van der Waals surface area contributed by atoms with Crippen molar-refractivity contribution >= 4 is 27.5 Å².